The third kappa shape index (κ3) is 4.10. The van der Waals surface area contributed by atoms with E-state index in [1.807, 2.05) is 0 Å². The van der Waals surface area contributed by atoms with Crippen molar-refractivity contribution in [1.82, 2.24) is 15.0 Å². The van der Waals surface area contributed by atoms with Crippen molar-refractivity contribution in [3.05, 3.63) is 18.5 Å². The number of aromatic nitrogens is 1. The number of aliphatic imine (C=N–C) groups is 1. The highest BCUT2D eigenvalue weighted by molar-refractivity contribution is 7.90. The minimum absolute atomic E-state index is 0.0290. The zero-order valence-electron chi connectivity index (χ0n) is 11.4. The number of hydrogen-bond donors (Lipinski definition) is 3. The highest BCUT2D eigenvalue weighted by atomic mass is 32.2. The quantitative estimate of drug-likeness (QED) is 0.317. The number of nitrogens with one attached hydrogen (secondary N) is 3. The van der Waals surface area contributed by atoms with Crippen molar-refractivity contribution in [2.75, 3.05) is 12.4 Å². The van der Waals surface area contributed by atoms with Gasteiger partial charge in [-0.05, 0) is 19.9 Å². The second-order valence-electron chi connectivity index (χ2n) is 4.04. The Hall–Kier alpha value is -2.34. The zero-order chi connectivity index (χ0) is 15.2. The predicted octanol–water partition coefficient (Wildman–Crippen LogP) is 0.237. The van der Waals surface area contributed by atoms with Crippen molar-refractivity contribution in [1.29, 1.82) is 5.26 Å². The van der Waals surface area contributed by atoms with Gasteiger partial charge in [-0.15, -0.1) is 0 Å². The van der Waals surface area contributed by atoms with Gasteiger partial charge in [-0.2, -0.15) is 5.26 Å². The molecule has 0 fully saturated rings. The number of nitrogens with zero attached hydrogens (tertiary/aromatic N) is 3. The van der Waals surface area contributed by atoms with E-state index >= 15 is 0 Å². The second-order valence-corrected chi connectivity index (χ2v) is 5.69. The first-order valence-electron chi connectivity index (χ1n) is 5.78. The average molecular weight is 296 g/mol. The molecule has 1 aromatic heterocycles. The Bertz CT molecular complexity index is 633. The van der Waals surface area contributed by atoms with Gasteiger partial charge in [0.1, 0.15) is 4.90 Å². The molecule has 0 atom stereocenters. The van der Waals surface area contributed by atoms with Gasteiger partial charge >= 0.3 is 0 Å². The summed E-state index contributed by atoms with van der Waals surface area (Å²) >= 11 is 0. The van der Waals surface area contributed by atoms with Crippen LogP contribution >= 0.6 is 0 Å². The molecule has 3 N–H and O–H groups in total. The van der Waals surface area contributed by atoms with E-state index in [0.717, 1.165) is 0 Å². The molecule has 1 aromatic rings. The second kappa shape index (κ2) is 6.72. The fourth-order valence-electron chi connectivity index (χ4n) is 1.38. The summed E-state index contributed by atoms with van der Waals surface area (Å²) < 4.78 is 26.7. The van der Waals surface area contributed by atoms with Crippen molar-refractivity contribution < 1.29 is 8.42 Å². The molecule has 0 saturated carbocycles. The minimum atomic E-state index is -3.89. The van der Waals surface area contributed by atoms with Crippen LogP contribution in [0, 0.1) is 11.5 Å². The average Bonchev–Trinajstić information content (AvgIpc) is 2.37. The van der Waals surface area contributed by atoms with Gasteiger partial charge in [-0.3, -0.25) is 10.3 Å². The Morgan fingerprint density at radius 3 is 2.75 bits per heavy atom. The van der Waals surface area contributed by atoms with E-state index in [9.17, 15) is 8.42 Å². The van der Waals surface area contributed by atoms with Gasteiger partial charge in [0.25, 0.3) is 10.0 Å². The molecule has 1 rings (SSSR count). The van der Waals surface area contributed by atoms with Crippen LogP contribution in [0.4, 0.5) is 5.69 Å². The summed E-state index contributed by atoms with van der Waals surface area (Å²) in [6.07, 6.45) is 4.33. The van der Waals surface area contributed by atoms with Crippen LogP contribution in [0.1, 0.15) is 13.8 Å². The highest BCUT2D eigenvalue weighted by Crippen LogP contribution is 2.18. The van der Waals surface area contributed by atoms with Crippen molar-refractivity contribution >= 4 is 21.7 Å². The van der Waals surface area contributed by atoms with E-state index in [1.165, 1.54) is 18.5 Å². The lowest BCUT2D eigenvalue weighted by molar-refractivity contribution is 0.591. The SMILES string of the molecule is CNc1ccncc1S(=O)(=O)NC(=NC(C)C)NC#N. The summed E-state index contributed by atoms with van der Waals surface area (Å²) in [5.74, 6) is -0.131. The minimum Gasteiger partial charge on any atom is -0.387 e. The Kier molecular flexibility index (Phi) is 5.28. The maximum Gasteiger partial charge on any atom is 0.267 e. The zero-order valence-corrected chi connectivity index (χ0v) is 12.2. The van der Waals surface area contributed by atoms with Crippen molar-refractivity contribution in [3.63, 3.8) is 0 Å². The Balaban J connectivity index is 3.14. The molecule has 0 aliphatic carbocycles. The van der Waals surface area contributed by atoms with Gasteiger partial charge in [0.05, 0.1) is 5.69 Å². The van der Waals surface area contributed by atoms with Crippen molar-refractivity contribution in [3.8, 4) is 6.19 Å². The molecular weight excluding hydrogens is 280 g/mol. The van der Waals surface area contributed by atoms with Gasteiger partial charge in [0, 0.05) is 25.5 Å². The molecule has 0 radical (unpaired) electrons. The molecule has 0 amide bonds. The molecule has 0 bridgehead atoms. The van der Waals surface area contributed by atoms with E-state index in [-0.39, 0.29) is 16.9 Å². The number of anilines is 1. The van der Waals surface area contributed by atoms with E-state index in [4.69, 9.17) is 5.26 Å². The molecular formula is C11H16N6O2S. The topological polar surface area (TPSA) is 119 Å². The lowest BCUT2D eigenvalue weighted by Gasteiger charge is -2.12. The van der Waals surface area contributed by atoms with E-state index in [1.54, 1.807) is 27.1 Å². The molecule has 20 heavy (non-hydrogen) atoms. The van der Waals surface area contributed by atoms with Crippen LogP contribution in [0.15, 0.2) is 28.3 Å². The number of rotatable bonds is 4. The number of hydrogen-bond acceptors (Lipinski definition) is 6. The number of sulfonamides is 1. The third-order valence-electron chi connectivity index (χ3n) is 2.14. The summed E-state index contributed by atoms with van der Waals surface area (Å²) in [7, 11) is -2.29. The number of nitriles is 1. The molecule has 0 aliphatic rings. The lowest BCUT2D eigenvalue weighted by atomic mass is 10.4. The summed E-state index contributed by atoms with van der Waals surface area (Å²) in [6.45, 7) is 3.52. The van der Waals surface area contributed by atoms with Crippen LogP contribution in [-0.2, 0) is 10.0 Å². The number of guanidine groups is 1. The molecule has 1 heterocycles. The summed E-state index contributed by atoms with van der Waals surface area (Å²) in [4.78, 5) is 7.75. The van der Waals surface area contributed by atoms with E-state index in [2.05, 4.69) is 25.3 Å². The normalized spacial score (nSPS) is 11.8. The highest BCUT2D eigenvalue weighted by Gasteiger charge is 2.20. The van der Waals surface area contributed by atoms with Crippen LogP contribution < -0.4 is 15.4 Å². The fourth-order valence-corrected chi connectivity index (χ4v) is 2.51. The number of pyridine rings is 1. The Morgan fingerprint density at radius 1 is 1.50 bits per heavy atom. The smallest absolute Gasteiger partial charge is 0.267 e. The predicted molar refractivity (Wildman–Crippen MR) is 75.4 cm³/mol. The molecule has 108 valence electrons. The van der Waals surface area contributed by atoms with Gasteiger partial charge < -0.3 is 5.32 Å². The van der Waals surface area contributed by atoms with Gasteiger partial charge in [-0.1, -0.05) is 0 Å². The largest absolute Gasteiger partial charge is 0.387 e. The van der Waals surface area contributed by atoms with Crippen LogP contribution in [0.25, 0.3) is 0 Å². The van der Waals surface area contributed by atoms with E-state index < -0.39 is 10.0 Å². The molecule has 0 unspecified atom stereocenters. The van der Waals surface area contributed by atoms with Crippen molar-refractivity contribution in [2.45, 2.75) is 24.8 Å². The Labute approximate surface area is 118 Å². The van der Waals surface area contributed by atoms with Crippen LogP contribution in [0.2, 0.25) is 0 Å². The first kappa shape index (κ1) is 15.7. The van der Waals surface area contributed by atoms with Crippen molar-refractivity contribution in [2.24, 2.45) is 4.99 Å². The summed E-state index contributed by atoms with van der Waals surface area (Å²) in [5.41, 5.74) is 0.397. The van der Waals surface area contributed by atoms with Gasteiger partial charge in [0.15, 0.2) is 6.19 Å². The molecule has 0 saturated heterocycles. The first-order valence-corrected chi connectivity index (χ1v) is 7.26. The molecule has 9 heteroatoms. The molecule has 0 aliphatic heterocycles. The maximum atomic E-state index is 12.3. The fraction of sp³-hybridized carbons (Fsp3) is 0.364. The monoisotopic (exact) mass is 296 g/mol. The lowest BCUT2D eigenvalue weighted by Crippen LogP contribution is -2.39. The first-order chi connectivity index (χ1) is 9.40. The standard InChI is InChI=1S/C11H16N6O2S/c1-8(2)16-11(15-7-12)17-20(18,19)10-6-14-5-4-9(10)13-3/h4-6,8H,1-3H3,(H,13,14)(H2,15,16,17). The summed E-state index contributed by atoms with van der Waals surface area (Å²) in [6, 6.07) is 1.36. The van der Waals surface area contributed by atoms with E-state index in [0.29, 0.717) is 5.69 Å². The van der Waals surface area contributed by atoms with Crippen LogP contribution in [0.5, 0.6) is 0 Å². The maximum absolute atomic E-state index is 12.3. The Morgan fingerprint density at radius 2 is 2.20 bits per heavy atom. The molecule has 0 spiro atoms. The molecule has 0 aromatic carbocycles. The molecule has 8 nitrogen and oxygen atoms in total. The van der Waals surface area contributed by atoms with Crippen LogP contribution in [-0.4, -0.2) is 32.5 Å². The van der Waals surface area contributed by atoms with Crippen LogP contribution in [0.3, 0.4) is 0 Å². The van der Waals surface area contributed by atoms with Gasteiger partial charge in [0.2, 0.25) is 5.96 Å². The summed E-state index contributed by atoms with van der Waals surface area (Å²) in [5, 5.41) is 13.6. The third-order valence-corrected chi connectivity index (χ3v) is 3.50. The van der Waals surface area contributed by atoms with Gasteiger partial charge in [-0.25, -0.2) is 18.1 Å².